The molecule has 0 N–H and O–H groups in total. The Hall–Kier alpha value is -7.68. The summed E-state index contributed by atoms with van der Waals surface area (Å²) in [6.07, 6.45) is 0. The summed E-state index contributed by atoms with van der Waals surface area (Å²) in [5, 5.41) is 2.48. The minimum atomic E-state index is 1.09. The SMILES string of the molecule is c1ccc(C(=C(c2ccccc2)c2ccc(-c3cccc(N(c4ccccc4)c4ccc5c6ccccc6n(-c6ccccc6)c5c4)c3)cc2)c2ccccc2)cc1. The quantitative estimate of drug-likeness (QED) is 0.134. The minimum absolute atomic E-state index is 1.09. The third-order valence-electron chi connectivity index (χ3n) is 11.0. The Morgan fingerprint density at radius 1 is 0.293 bits per heavy atom. The average molecular weight is 741 g/mol. The second-order valence-electron chi connectivity index (χ2n) is 14.5. The Bertz CT molecular complexity index is 2960. The number of benzene rings is 9. The molecule has 1 aromatic heterocycles. The van der Waals surface area contributed by atoms with E-state index in [1.54, 1.807) is 0 Å². The highest BCUT2D eigenvalue weighted by molar-refractivity contribution is 6.10. The molecule has 9 aromatic carbocycles. The molecule has 0 aliphatic carbocycles. The summed E-state index contributed by atoms with van der Waals surface area (Å²) < 4.78 is 2.38. The normalized spacial score (nSPS) is 11.1. The van der Waals surface area contributed by atoms with Crippen LogP contribution in [-0.4, -0.2) is 4.57 Å². The Kier molecular flexibility index (Phi) is 9.27. The molecule has 0 aliphatic rings. The Morgan fingerprint density at radius 3 is 1.36 bits per heavy atom. The smallest absolute Gasteiger partial charge is 0.0561 e. The van der Waals surface area contributed by atoms with E-state index in [9.17, 15) is 0 Å². The predicted octanol–water partition coefficient (Wildman–Crippen LogP) is 14.9. The first-order chi connectivity index (χ1) is 28.8. The molecule has 0 radical (unpaired) electrons. The number of nitrogens with zero attached hydrogens (tertiary/aromatic N) is 2. The third-order valence-corrected chi connectivity index (χ3v) is 11.0. The molecule has 0 bridgehead atoms. The molecule has 2 heteroatoms. The topological polar surface area (TPSA) is 8.17 Å². The standard InChI is InChI=1S/C56H40N2/c1-6-19-42(20-7-1)55(43-21-8-2-9-22-43)56(44-23-10-3-11-24-44)45-35-33-41(34-36-45)46-25-18-30-49(39-46)57(47-26-12-4-13-27-47)50-37-38-52-51-31-16-17-32-53(51)58(54(52)40-50)48-28-14-5-15-29-48/h1-40H. The van der Waals surface area contributed by atoms with Gasteiger partial charge in [0.1, 0.15) is 0 Å². The summed E-state index contributed by atoms with van der Waals surface area (Å²) in [5.74, 6) is 0. The number of rotatable bonds is 9. The van der Waals surface area contributed by atoms with Gasteiger partial charge in [0.25, 0.3) is 0 Å². The zero-order valence-corrected chi connectivity index (χ0v) is 32.0. The van der Waals surface area contributed by atoms with Crippen LogP contribution in [0.1, 0.15) is 22.3 Å². The van der Waals surface area contributed by atoms with E-state index >= 15 is 0 Å². The molecular weight excluding hydrogens is 701 g/mol. The van der Waals surface area contributed by atoms with Gasteiger partial charge >= 0.3 is 0 Å². The summed E-state index contributed by atoms with van der Waals surface area (Å²) in [6.45, 7) is 0. The van der Waals surface area contributed by atoms with Crippen molar-refractivity contribution in [2.45, 2.75) is 0 Å². The molecule has 0 aliphatic heterocycles. The maximum atomic E-state index is 2.38. The zero-order chi connectivity index (χ0) is 38.7. The van der Waals surface area contributed by atoms with Crippen molar-refractivity contribution < 1.29 is 0 Å². The van der Waals surface area contributed by atoms with Gasteiger partial charge in [0.2, 0.25) is 0 Å². The fraction of sp³-hybridized carbons (Fsp3) is 0. The van der Waals surface area contributed by atoms with Gasteiger partial charge in [0.15, 0.2) is 0 Å². The van der Waals surface area contributed by atoms with Crippen molar-refractivity contribution in [3.8, 4) is 16.8 Å². The van der Waals surface area contributed by atoms with Crippen LogP contribution in [0.4, 0.5) is 17.1 Å². The van der Waals surface area contributed by atoms with Crippen LogP contribution in [0, 0.1) is 0 Å². The van der Waals surface area contributed by atoms with Gasteiger partial charge in [-0.1, -0.05) is 188 Å². The third kappa shape index (κ3) is 6.57. The number of para-hydroxylation sites is 3. The second kappa shape index (κ2) is 15.5. The molecule has 0 spiro atoms. The Balaban J connectivity index is 1.09. The van der Waals surface area contributed by atoms with E-state index in [0.717, 1.165) is 33.9 Å². The lowest BCUT2D eigenvalue weighted by Gasteiger charge is -2.26. The lowest BCUT2D eigenvalue weighted by Crippen LogP contribution is -2.10. The van der Waals surface area contributed by atoms with Crippen LogP contribution in [-0.2, 0) is 0 Å². The molecule has 0 unspecified atom stereocenters. The highest BCUT2D eigenvalue weighted by Gasteiger charge is 2.19. The highest BCUT2D eigenvalue weighted by Crippen LogP contribution is 2.41. The van der Waals surface area contributed by atoms with E-state index < -0.39 is 0 Å². The van der Waals surface area contributed by atoms with E-state index in [1.807, 2.05) is 0 Å². The fourth-order valence-electron chi connectivity index (χ4n) is 8.36. The first-order valence-electron chi connectivity index (χ1n) is 19.9. The predicted molar refractivity (Wildman–Crippen MR) is 245 cm³/mol. The van der Waals surface area contributed by atoms with Crippen LogP contribution in [0.2, 0.25) is 0 Å². The number of hydrogen-bond acceptors (Lipinski definition) is 1. The molecule has 2 nitrogen and oxygen atoms in total. The van der Waals surface area contributed by atoms with Crippen molar-refractivity contribution in [3.05, 3.63) is 265 Å². The van der Waals surface area contributed by atoms with E-state index in [0.29, 0.717) is 0 Å². The van der Waals surface area contributed by atoms with Crippen molar-refractivity contribution >= 4 is 50.0 Å². The molecule has 0 amide bonds. The van der Waals surface area contributed by atoms with Crippen LogP contribution in [0.15, 0.2) is 243 Å². The van der Waals surface area contributed by atoms with Gasteiger partial charge in [-0.15, -0.1) is 0 Å². The molecule has 10 aromatic rings. The number of fused-ring (bicyclic) bond motifs is 3. The van der Waals surface area contributed by atoms with Gasteiger partial charge in [0.05, 0.1) is 11.0 Å². The summed E-state index contributed by atoms with van der Waals surface area (Å²) in [4.78, 5) is 2.37. The lowest BCUT2D eigenvalue weighted by molar-refractivity contribution is 1.18. The summed E-state index contributed by atoms with van der Waals surface area (Å²) >= 11 is 0. The van der Waals surface area contributed by atoms with Crippen LogP contribution in [0.25, 0.3) is 49.8 Å². The van der Waals surface area contributed by atoms with Crippen molar-refractivity contribution in [3.63, 3.8) is 0 Å². The van der Waals surface area contributed by atoms with Crippen LogP contribution in [0.5, 0.6) is 0 Å². The molecule has 0 saturated carbocycles. The summed E-state index contributed by atoms with van der Waals surface area (Å²) in [6, 6.07) is 87.2. The number of anilines is 3. The summed E-state index contributed by atoms with van der Waals surface area (Å²) in [7, 11) is 0. The van der Waals surface area contributed by atoms with Gasteiger partial charge in [0, 0.05) is 33.5 Å². The van der Waals surface area contributed by atoms with Gasteiger partial charge in [-0.25, -0.2) is 0 Å². The number of hydrogen-bond donors (Lipinski definition) is 0. The first-order valence-corrected chi connectivity index (χ1v) is 19.9. The Morgan fingerprint density at radius 2 is 0.759 bits per heavy atom. The molecule has 1 heterocycles. The van der Waals surface area contributed by atoms with E-state index in [-0.39, 0.29) is 0 Å². The first kappa shape index (κ1) is 34.8. The maximum Gasteiger partial charge on any atom is 0.0561 e. The van der Waals surface area contributed by atoms with E-state index in [2.05, 4.69) is 252 Å². The Labute approximate surface area is 339 Å². The second-order valence-corrected chi connectivity index (χ2v) is 14.5. The zero-order valence-electron chi connectivity index (χ0n) is 32.0. The number of aromatic nitrogens is 1. The monoisotopic (exact) mass is 740 g/mol. The van der Waals surface area contributed by atoms with Crippen molar-refractivity contribution in [1.82, 2.24) is 4.57 Å². The average Bonchev–Trinajstić information content (AvgIpc) is 3.64. The molecule has 274 valence electrons. The molecule has 0 atom stereocenters. The van der Waals surface area contributed by atoms with Crippen LogP contribution in [0.3, 0.4) is 0 Å². The van der Waals surface area contributed by atoms with Gasteiger partial charge in [-0.05, 0) is 99.1 Å². The molecule has 0 saturated heterocycles. The van der Waals surface area contributed by atoms with E-state index in [4.69, 9.17) is 0 Å². The van der Waals surface area contributed by atoms with Crippen molar-refractivity contribution in [1.29, 1.82) is 0 Å². The molecule has 58 heavy (non-hydrogen) atoms. The van der Waals surface area contributed by atoms with Crippen LogP contribution >= 0.6 is 0 Å². The van der Waals surface area contributed by atoms with Crippen molar-refractivity contribution in [2.24, 2.45) is 0 Å². The maximum absolute atomic E-state index is 2.38. The van der Waals surface area contributed by atoms with Crippen LogP contribution < -0.4 is 4.90 Å². The lowest BCUT2D eigenvalue weighted by atomic mass is 9.85. The van der Waals surface area contributed by atoms with Crippen molar-refractivity contribution in [2.75, 3.05) is 4.90 Å². The largest absolute Gasteiger partial charge is 0.310 e. The van der Waals surface area contributed by atoms with Gasteiger partial charge < -0.3 is 9.47 Å². The van der Waals surface area contributed by atoms with Gasteiger partial charge in [-0.3, -0.25) is 0 Å². The molecule has 10 rings (SSSR count). The molecular formula is C56H40N2. The highest BCUT2D eigenvalue weighted by atomic mass is 15.1. The minimum Gasteiger partial charge on any atom is -0.310 e. The van der Waals surface area contributed by atoms with E-state index in [1.165, 1.54) is 55.2 Å². The van der Waals surface area contributed by atoms with Gasteiger partial charge in [-0.2, -0.15) is 0 Å². The summed E-state index contributed by atoms with van der Waals surface area (Å²) in [5.41, 5.74) is 16.3. The molecule has 0 fully saturated rings. The fourth-order valence-corrected chi connectivity index (χ4v) is 8.36.